The van der Waals surface area contributed by atoms with E-state index in [1.807, 2.05) is 12.1 Å². The van der Waals surface area contributed by atoms with E-state index in [1.54, 1.807) is 32.9 Å². The Hall–Kier alpha value is -0.910. The van der Waals surface area contributed by atoms with E-state index in [1.165, 1.54) is 0 Å². The van der Waals surface area contributed by atoms with Gasteiger partial charge in [-0.05, 0) is 44.4 Å². The molecule has 102 valence electrons. The molecule has 0 radical (unpaired) electrons. The van der Waals surface area contributed by atoms with Crippen molar-refractivity contribution in [3.8, 4) is 0 Å². The molecule has 0 saturated carbocycles. The second-order valence-corrected chi connectivity index (χ2v) is 7.17. The molecule has 1 aromatic rings. The van der Waals surface area contributed by atoms with Crippen molar-refractivity contribution in [2.24, 2.45) is 0 Å². The van der Waals surface area contributed by atoms with Gasteiger partial charge in [0.15, 0.2) is 0 Å². The van der Waals surface area contributed by atoms with E-state index in [0.29, 0.717) is 5.92 Å². The zero-order valence-electron chi connectivity index (χ0n) is 11.5. The summed E-state index contributed by atoms with van der Waals surface area (Å²) in [5.74, 6) is 0.375. The predicted molar refractivity (Wildman–Crippen MR) is 71.7 cm³/mol. The largest absolute Gasteiger partial charge is 0.281 e. The molecular weight excluding hydrogens is 250 g/mol. The molecule has 0 unspecified atom stereocenters. The highest BCUT2D eigenvalue weighted by Crippen LogP contribution is 2.17. The minimum atomic E-state index is -3.61. The third-order valence-corrected chi connectivity index (χ3v) is 3.51. The van der Waals surface area contributed by atoms with Gasteiger partial charge < -0.3 is 0 Å². The van der Waals surface area contributed by atoms with Crippen LogP contribution in [-0.2, 0) is 14.9 Å². The summed E-state index contributed by atoms with van der Waals surface area (Å²) in [5.41, 5.74) is 0.538. The Balaban J connectivity index is 2.86. The summed E-state index contributed by atoms with van der Waals surface area (Å²) < 4.78 is 23.8. The van der Waals surface area contributed by atoms with Crippen molar-refractivity contribution in [1.82, 2.24) is 4.89 Å². The molecular formula is C13H21NO3S. The van der Waals surface area contributed by atoms with Gasteiger partial charge in [0.05, 0.1) is 10.5 Å². The third-order valence-electron chi connectivity index (χ3n) is 2.31. The van der Waals surface area contributed by atoms with E-state index in [-0.39, 0.29) is 4.90 Å². The first-order valence-electron chi connectivity index (χ1n) is 5.91. The number of hydrogen-bond donors (Lipinski definition) is 1. The Morgan fingerprint density at radius 3 is 2.00 bits per heavy atom. The zero-order valence-corrected chi connectivity index (χ0v) is 12.3. The Kier molecular flexibility index (Phi) is 4.53. The van der Waals surface area contributed by atoms with Gasteiger partial charge in [0.2, 0.25) is 0 Å². The summed E-state index contributed by atoms with van der Waals surface area (Å²) in [6.07, 6.45) is 0. The van der Waals surface area contributed by atoms with Crippen molar-refractivity contribution in [3.63, 3.8) is 0 Å². The summed E-state index contributed by atoms with van der Waals surface area (Å²) in [5, 5.41) is 0. The molecule has 1 N–H and O–H groups in total. The van der Waals surface area contributed by atoms with Gasteiger partial charge in [-0.15, -0.1) is 0 Å². The fourth-order valence-corrected chi connectivity index (χ4v) is 2.21. The molecule has 4 nitrogen and oxygen atoms in total. The fourth-order valence-electron chi connectivity index (χ4n) is 1.26. The molecule has 0 aliphatic carbocycles. The van der Waals surface area contributed by atoms with Crippen LogP contribution < -0.4 is 4.89 Å². The van der Waals surface area contributed by atoms with Crippen LogP contribution in [-0.4, -0.2) is 14.0 Å². The fraction of sp³-hybridized carbons (Fsp3) is 0.538. The van der Waals surface area contributed by atoms with Crippen LogP contribution in [0.2, 0.25) is 0 Å². The second kappa shape index (κ2) is 5.38. The summed E-state index contributed by atoms with van der Waals surface area (Å²) in [6, 6.07) is 6.81. The number of benzene rings is 1. The lowest BCUT2D eigenvalue weighted by molar-refractivity contribution is -0.0357. The van der Waals surface area contributed by atoms with Crippen molar-refractivity contribution < 1.29 is 13.3 Å². The van der Waals surface area contributed by atoms with E-state index in [0.717, 1.165) is 5.56 Å². The van der Waals surface area contributed by atoms with E-state index < -0.39 is 15.6 Å². The van der Waals surface area contributed by atoms with Crippen molar-refractivity contribution in [3.05, 3.63) is 29.8 Å². The Morgan fingerprint density at radius 2 is 1.61 bits per heavy atom. The van der Waals surface area contributed by atoms with Gasteiger partial charge in [0, 0.05) is 0 Å². The maximum atomic E-state index is 11.9. The molecule has 5 heteroatoms. The SMILES string of the molecule is CC(C)c1ccc(S(=O)(=O)NOC(C)(C)C)cc1. The second-order valence-electron chi connectivity index (χ2n) is 5.52. The van der Waals surface area contributed by atoms with Crippen LogP contribution in [0.3, 0.4) is 0 Å². The molecule has 1 aromatic carbocycles. The van der Waals surface area contributed by atoms with Crippen LogP contribution in [0, 0.1) is 0 Å². The molecule has 0 aromatic heterocycles. The number of nitrogens with one attached hydrogen (secondary N) is 1. The maximum Gasteiger partial charge on any atom is 0.262 e. The lowest BCUT2D eigenvalue weighted by atomic mass is 10.0. The maximum absolute atomic E-state index is 11.9. The van der Waals surface area contributed by atoms with Gasteiger partial charge in [0.25, 0.3) is 10.0 Å². The molecule has 0 spiro atoms. The Morgan fingerprint density at radius 1 is 1.11 bits per heavy atom. The third kappa shape index (κ3) is 4.40. The Bertz CT molecular complexity index is 484. The molecule has 0 heterocycles. The van der Waals surface area contributed by atoms with Crippen LogP contribution in [0.5, 0.6) is 0 Å². The Labute approximate surface area is 109 Å². The van der Waals surface area contributed by atoms with E-state index in [9.17, 15) is 8.42 Å². The quantitative estimate of drug-likeness (QED) is 0.857. The first kappa shape index (κ1) is 15.1. The van der Waals surface area contributed by atoms with Gasteiger partial charge >= 0.3 is 0 Å². The topological polar surface area (TPSA) is 55.4 Å². The monoisotopic (exact) mass is 271 g/mol. The van der Waals surface area contributed by atoms with Gasteiger partial charge in [-0.1, -0.05) is 30.9 Å². The normalized spacial score (nSPS) is 13.0. The smallest absolute Gasteiger partial charge is 0.262 e. The summed E-state index contributed by atoms with van der Waals surface area (Å²) in [4.78, 5) is 7.43. The average molecular weight is 271 g/mol. The summed E-state index contributed by atoms with van der Waals surface area (Å²) in [6.45, 7) is 9.45. The van der Waals surface area contributed by atoms with Crippen molar-refractivity contribution >= 4 is 10.0 Å². The number of sulfonamides is 1. The first-order valence-corrected chi connectivity index (χ1v) is 7.40. The van der Waals surface area contributed by atoms with Gasteiger partial charge in [-0.3, -0.25) is 4.84 Å². The van der Waals surface area contributed by atoms with Crippen LogP contribution in [0.15, 0.2) is 29.2 Å². The summed E-state index contributed by atoms with van der Waals surface area (Å²) in [7, 11) is -3.61. The molecule has 0 amide bonds. The minimum Gasteiger partial charge on any atom is -0.281 e. The lowest BCUT2D eigenvalue weighted by Gasteiger charge is -2.19. The molecule has 0 aliphatic heterocycles. The van der Waals surface area contributed by atoms with Crippen LogP contribution in [0.4, 0.5) is 0 Å². The molecule has 0 aliphatic rings. The van der Waals surface area contributed by atoms with Crippen molar-refractivity contribution in [2.75, 3.05) is 0 Å². The van der Waals surface area contributed by atoms with Crippen LogP contribution in [0.25, 0.3) is 0 Å². The lowest BCUT2D eigenvalue weighted by Crippen LogP contribution is -2.33. The van der Waals surface area contributed by atoms with Crippen molar-refractivity contribution in [1.29, 1.82) is 0 Å². The predicted octanol–water partition coefficient (Wildman–Crippen LogP) is 2.82. The number of hydrogen-bond acceptors (Lipinski definition) is 3. The van der Waals surface area contributed by atoms with Crippen LogP contribution in [0.1, 0.15) is 46.1 Å². The van der Waals surface area contributed by atoms with Crippen molar-refractivity contribution in [2.45, 2.75) is 51.0 Å². The molecule has 0 fully saturated rings. The highest BCUT2D eigenvalue weighted by molar-refractivity contribution is 7.89. The van der Waals surface area contributed by atoms with Gasteiger partial charge in [-0.2, -0.15) is 0 Å². The molecule has 0 atom stereocenters. The molecule has 1 rings (SSSR count). The standard InChI is InChI=1S/C13H21NO3S/c1-10(2)11-6-8-12(9-7-11)18(15,16)14-17-13(3,4)5/h6-10,14H,1-5H3. The molecule has 0 saturated heterocycles. The average Bonchev–Trinajstić information content (AvgIpc) is 2.26. The van der Waals surface area contributed by atoms with E-state index in [2.05, 4.69) is 18.7 Å². The molecule has 18 heavy (non-hydrogen) atoms. The van der Waals surface area contributed by atoms with Gasteiger partial charge in [-0.25, -0.2) is 8.42 Å². The number of rotatable bonds is 4. The van der Waals surface area contributed by atoms with Gasteiger partial charge in [0.1, 0.15) is 0 Å². The zero-order chi connectivity index (χ0) is 14.0. The first-order chi connectivity index (χ1) is 8.12. The highest BCUT2D eigenvalue weighted by atomic mass is 32.2. The minimum absolute atomic E-state index is 0.205. The van der Waals surface area contributed by atoms with E-state index >= 15 is 0 Å². The molecule has 0 bridgehead atoms. The highest BCUT2D eigenvalue weighted by Gasteiger charge is 2.19. The van der Waals surface area contributed by atoms with E-state index in [4.69, 9.17) is 4.84 Å². The van der Waals surface area contributed by atoms with Crippen LogP contribution >= 0.6 is 0 Å². The summed E-state index contributed by atoms with van der Waals surface area (Å²) >= 11 is 0.